The Kier molecular flexibility index (Phi) is 10.3. The summed E-state index contributed by atoms with van der Waals surface area (Å²) in [6.07, 6.45) is 9.67. The molecule has 1 amide bonds. The fraction of sp³-hybridized carbons (Fsp3) is 0.440. The molecule has 1 saturated heterocycles. The van der Waals surface area contributed by atoms with Crippen LogP contribution in [0, 0.1) is 11.8 Å². The molecule has 1 saturated carbocycles. The summed E-state index contributed by atoms with van der Waals surface area (Å²) in [7, 11) is 1.90. The molecule has 7 nitrogen and oxygen atoms in total. The number of carbonyl (C=O) groups excluding carboxylic acids is 2. The van der Waals surface area contributed by atoms with Gasteiger partial charge in [0.05, 0.1) is 11.3 Å². The van der Waals surface area contributed by atoms with Crippen molar-refractivity contribution in [3.8, 4) is 0 Å². The van der Waals surface area contributed by atoms with Crippen molar-refractivity contribution in [1.29, 1.82) is 0 Å². The van der Waals surface area contributed by atoms with Crippen molar-refractivity contribution in [3.05, 3.63) is 53.6 Å². The molecule has 0 bridgehead atoms. The third-order valence-electron chi connectivity index (χ3n) is 6.68. The maximum absolute atomic E-state index is 13.0. The number of nitrogens with zero attached hydrogens (tertiary/aromatic N) is 2. The maximum atomic E-state index is 13.0. The number of amides is 1. The summed E-state index contributed by atoms with van der Waals surface area (Å²) >= 11 is 3.33. The summed E-state index contributed by atoms with van der Waals surface area (Å²) < 4.78 is 4.38. The molecule has 0 atom stereocenters. The number of hydrogen-bond donors (Lipinski definition) is 3. The molecule has 0 unspecified atom stereocenters. The predicted molar refractivity (Wildman–Crippen MR) is 141 cm³/mol. The Bertz CT molecular complexity index is 946. The van der Waals surface area contributed by atoms with Crippen LogP contribution in [0.4, 0.5) is 11.4 Å². The van der Waals surface area contributed by atoms with Crippen molar-refractivity contribution in [1.82, 2.24) is 4.31 Å². The van der Waals surface area contributed by atoms with Gasteiger partial charge in [-0.1, -0.05) is 31.2 Å². The highest BCUT2D eigenvalue weighted by Crippen LogP contribution is 2.40. The summed E-state index contributed by atoms with van der Waals surface area (Å²) in [6, 6.07) is 13.2. The zero-order valence-electron chi connectivity index (χ0n) is 19.6. The zero-order valence-corrected chi connectivity index (χ0v) is 21.3. The van der Waals surface area contributed by atoms with Gasteiger partial charge in [0.25, 0.3) is 5.91 Å². The number of anilines is 2. The molecule has 3 N–H and O–H groups in total. The van der Waals surface area contributed by atoms with Crippen molar-refractivity contribution < 1.29 is 20.1 Å². The van der Waals surface area contributed by atoms with Crippen molar-refractivity contribution in [2.45, 2.75) is 37.0 Å². The Morgan fingerprint density at radius 2 is 1.71 bits per heavy atom. The molecule has 184 valence electrons. The van der Waals surface area contributed by atoms with Crippen LogP contribution in [0.3, 0.4) is 0 Å². The van der Waals surface area contributed by atoms with E-state index in [-0.39, 0.29) is 5.91 Å². The summed E-state index contributed by atoms with van der Waals surface area (Å²) in [4.78, 5) is 25.4. The summed E-state index contributed by atoms with van der Waals surface area (Å²) in [5, 5.41) is 15.0. The van der Waals surface area contributed by atoms with Crippen LogP contribution < -0.4 is 9.62 Å². The van der Waals surface area contributed by atoms with Crippen LogP contribution in [0.5, 0.6) is 0 Å². The minimum atomic E-state index is -0.219. The highest BCUT2D eigenvalue weighted by Gasteiger charge is 2.30. The molecule has 0 radical (unpaired) electrons. The highest BCUT2D eigenvalue weighted by atomic mass is 32.2. The van der Waals surface area contributed by atoms with Crippen LogP contribution in [-0.2, 0) is 0 Å². The van der Waals surface area contributed by atoms with E-state index in [2.05, 4.69) is 21.8 Å². The molecular weight excluding hydrogens is 470 g/mol. The van der Waals surface area contributed by atoms with Crippen molar-refractivity contribution in [2.24, 2.45) is 11.8 Å². The topological polar surface area (TPSA) is 93.1 Å². The number of aldehydes is 1. The molecule has 2 aliphatic rings. The number of hydrogen-bond acceptors (Lipinski definition) is 8. The standard InChI is InChI=1S/C25H31N3O2S2.H2O2/c1-27(31-2)24-11-6-18(17-29)16-23(24)25(30)26-21-7-9-22(10-8-21)32-28-14-12-20(13-15-28)19-4-3-5-19;1-2/h6-11,16-17,19-20H,3-5,12-15H2,1-2H3,(H,26,30);1-2H. The molecule has 4 rings (SSSR count). The third-order valence-corrected chi connectivity index (χ3v) is 8.53. The number of rotatable bonds is 8. The van der Waals surface area contributed by atoms with E-state index in [0.29, 0.717) is 11.1 Å². The lowest BCUT2D eigenvalue weighted by atomic mass is 9.72. The van der Waals surface area contributed by atoms with Gasteiger partial charge < -0.3 is 9.62 Å². The Hall–Kier alpha value is -2.04. The molecule has 1 heterocycles. The van der Waals surface area contributed by atoms with Gasteiger partial charge in [-0.15, -0.1) is 0 Å². The van der Waals surface area contributed by atoms with Gasteiger partial charge in [0.15, 0.2) is 0 Å². The van der Waals surface area contributed by atoms with Crippen LogP contribution in [0.25, 0.3) is 0 Å². The number of carbonyl (C=O) groups is 2. The molecule has 34 heavy (non-hydrogen) atoms. The highest BCUT2D eigenvalue weighted by molar-refractivity contribution is 7.99. The van der Waals surface area contributed by atoms with Gasteiger partial charge in [-0.25, -0.2) is 4.31 Å². The number of benzene rings is 2. The molecule has 2 aromatic rings. The fourth-order valence-corrected chi connectivity index (χ4v) is 5.78. The quantitative estimate of drug-likeness (QED) is 0.175. The molecule has 1 aliphatic carbocycles. The van der Waals surface area contributed by atoms with E-state index in [4.69, 9.17) is 10.5 Å². The van der Waals surface area contributed by atoms with E-state index in [9.17, 15) is 9.59 Å². The normalized spacial score (nSPS) is 16.7. The second-order valence-corrected chi connectivity index (χ2v) is 10.7. The summed E-state index contributed by atoms with van der Waals surface area (Å²) in [5.41, 5.74) is 2.50. The summed E-state index contributed by atoms with van der Waals surface area (Å²) in [6.45, 7) is 2.31. The van der Waals surface area contributed by atoms with E-state index in [1.54, 1.807) is 12.1 Å². The second kappa shape index (κ2) is 13.2. The molecule has 1 aliphatic heterocycles. The van der Waals surface area contributed by atoms with Gasteiger partial charge in [0, 0.05) is 42.5 Å². The van der Waals surface area contributed by atoms with Crippen LogP contribution >= 0.6 is 23.9 Å². The fourth-order valence-electron chi connectivity index (χ4n) is 4.48. The molecule has 0 spiro atoms. The van der Waals surface area contributed by atoms with Crippen LogP contribution in [0.1, 0.15) is 52.8 Å². The largest absolute Gasteiger partial charge is 0.322 e. The van der Waals surface area contributed by atoms with Gasteiger partial charge in [0.1, 0.15) is 6.29 Å². The van der Waals surface area contributed by atoms with E-state index >= 15 is 0 Å². The van der Waals surface area contributed by atoms with Crippen molar-refractivity contribution in [3.63, 3.8) is 0 Å². The monoisotopic (exact) mass is 503 g/mol. The van der Waals surface area contributed by atoms with E-state index in [1.165, 1.54) is 48.9 Å². The molecule has 2 aromatic carbocycles. The maximum Gasteiger partial charge on any atom is 0.257 e. The minimum absolute atomic E-state index is 0.219. The van der Waals surface area contributed by atoms with Crippen LogP contribution in [-0.4, -0.2) is 53.4 Å². The van der Waals surface area contributed by atoms with Crippen LogP contribution in [0.15, 0.2) is 47.4 Å². The van der Waals surface area contributed by atoms with E-state index < -0.39 is 0 Å². The molecule has 9 heteroatoms. The Morgan fingerprint density at radius 3 is 2.26 bits per heavy atom. The summed E-state index contributed by atoms with van der Waals surface area (Å²) in [5.74, 6) is 1.71. The molecule has 0 aromatic heterocycles. The first kappa shape index (κ1) is 26.6. The third kappa shape index (κ3) is 6.76. The smallest absolute Gasteiger partial charge is 0.257 e. The Balaban J connectivity index is 0.00000158. The average Bonchev–Trinajstić information content (AvgIpc) is 2.85. The molecular formula is C25H33N3O4S2. The lowest BCUT2D eigenvalue weighted by Crippen LogP contribution is -2.34. The van der Waals surface area contributed by atoms with Gasteiger partial charge >= 0.3 is 0 Å². The first-order chi connectivity index (χ1) is 16.6. The van der Waals surface area contributed by atoms with Gasteiger partial charge in [-0.05, 0) is 79.1 Å². The first-order valence-corrected chi connectivity index (χ1v) is 13.4. The number of nitrogens with one attached hydrogen (secondary N) is 1. The predicted octanol–water partition coefficient (Wildman–Crippen LogP) is 6.00. The molecule has 2 fully saturated rings. The lowest BCUT2D eigenvalue weighted by Gasteiger charge is -2.39. The van der Waals surface area contributed by atoms with E-state index in [1.807, 2.05) is 47.8 Å². The van der Waals surface area contributed by atoms with Crippen LogP contribution in [0.2, 0.25) is 0 Å². The second-order valence-electron chi connectivity index (χ2n) is 8.60. The minimum Gasteiger partial charge on any atom is -0.322 e. The van der Waals surface area contributed by atoms with E-state index in [0.717, 1.165) is 42.6 Å². The SMILES string of the molecule is CSN(C)c1ccc(C=O)cc1C(=O)Nc1ccc(SN2CCC(C3CCC3)CC2)cc1.OO. The first-order valence-electron chi connectivity index (χ1n) is 11.5. The van der Waals surface area contributed by atoms with Gasteiger partial charge in [-0.3, -0.25) is 20.1 Å². The lowest BCUT2D eigenvalue weighted by molar-refractivity contribution is -0.176. The van der Waals surface area contributed by atoms with Gasteiger partial charge in [-0.2, -0.15) is 0 Å². The zero-order chi connectivity index (χ0) is 24.5. The van der Waals surface area contributed by atoms with Crippen molar-refractivity contribution in [2.75, 3.05) is 36.0 Å². The van der Waals surface area contributed by atoms with Gasteiger partial charge in [0.2, 0.25) is 0 Å². The number of piperidine rings is 1. The Labute approximate surface area is 210 Å². The Morgan fingerprint density at radius 1 is 1.06 bits per heavy atom. The van der Waals surface area contributed by atoms with Crippen molar-refractivity contribution >= 4 is 47.5 Å². The average molecular weight is 504 g/mol.